The average molecular weight is 349 g/mol. The third kappa shape index (κ3) is 4.14. The van der Waals surface area contributed by atoms with Crippen molar-refractivity contribution < 1.29 is 13.5 Å². The molecule has 2 rings (SSSR count). The minimum absolute atomic E-state index is 0.120. The van der Waals surface area contributed by atoms with E-state index in [1.165, 1.54) is 0 Å². The molecule has 0 fully saturated rings. The monoisotopic (exact) mass is 348 g/mol. The van der Waals surface area contributed by atoms with E-state index in [9.17, 15) is 8.78 Å². The van der Waals surface area contributed by atoms with Crippen LogP contribution in [0.1, 0.15) is 19.0 Å². The molecule has 2 aromatic heterocycles. The number of halogens is 4. The van der Waals surface area contributed by atoms with Gasteiger partial charge in [-0.25, -0.2) is 23.7 Å². The lowest BCUT2D eigenvalue weighted by atomic mass is 10.3. The summed E-state index contributed by atoms with van der Waals surface area (Å²) in [4.78, 5) is 11.3. The number of pyridine rings is 1. The molecule has 9 heteroatoms. The maximum Gasteiger partial charge on any atom is 0.282 e. The predicted octanol–water partition coefficient (Wildman–Crippen LogP) is 4.00. The zero-order chi connectivity index (χ0) is 16.1. The molecule has 1 N–H and O–H groups in total. The highest BCUT2D eigenvalue weighted by molar-refractivity contribution is 6.33. The van der Waals surface area contributed by atoms with E-state index in [1.54, 1.807) is 25.3 Å². The lowest BCUT2D eigenvalue weighted by molar-refractivity contribution is 0.146. The van der Waals surface area contributed by atoms with E-state index in [2.05, 4.69) is 20.3 Å². The smallest absolute Gasteiger partial charge is 0.282 e. The summed E-state index contributed by atoms with van der Waals surface area (Å²) in [6.45, 7) is 2.04. The fourth-order valence-electron chi connectivity index (χ4n) is 1.59. The molecule has 118 valence electrons. The van der Waals surface area contributed by atoms with Gasteiger partial charge in [-0.2, -0.15) is 0 Å². The summed E-state index contributed by atoms with van der Waals surface area (Å²) >= 11 is 11.8. The summed E-state index contributed by atoms with van der Waals surface area (Å²) in [5.41, 5.74) is -0.513. The number of aromatic nitrogens is 3. The number of alkyl halides is 2. The first-order chi connectivity index (χ1) is 10.5. The van der Waals surface area contributed by atoms with Crippen molar-refractivity contribution in [2.75, 3.05) is 11.9 Å². The van der Waals surface area contributed by atoms with Crippen molar-refractivity contribution in [3.8, 4) is 5.88 Å². The van der Waals surface area contributed by atoms with Gasteiger partial charge in [-0.05, 0) is 19.1 Å². The maximum absolute atomic E-state index is 12.7. The fourth-order valence-corrected chi connectivity index (χ4v) is 2.00. The molecule has 22 heavy (non-hydrogen) atoms. The van der Waals surface area contributed by atoms with Gasteiger partial charge in [0.25, 0.3) is 6.43 Å². The van der Waals surface area contributed by atoms with E-state index in [1.807, 2.05) is 0 Å². The highest BCUT2D eigenvalue weighted by Gasteiger charge is 2.18. The Labute approximate surface area is 135 Å². The SMILES string of the molecule is C[C@@H](CNc1ncnc(C(F)F)c1Cl)Oc1ncccc1Cl. The second kappa shape index (κ2) is 7.51. The van der Waals surface area contributed by atoms with E-state index in [-0.39, 0.29) is 23.5 Å². The van der Waals surface area contributed by atoms with Crippen LogP contribution in [0, 0.1) is 0 Å². The molecule has 0 saturated heterocycles. The van der Waals surface area contributed by atoms with Crippen molar-refractivity contribution in [3.05, 3.63) is 40.4 Å². The molecule has 0 unspecified atom stereocenters. The molecule has 0 aromatic carbocycles. The van der Waals surface area contributed by atoms with Gasteiger partial charge in [0.05, 0.1) is 6.54 Å². The molecule has 0 amide bonds. The Hall–Kier alpha value is -1.73. The standard InChI is InChI=1S/C13H12Cl2F2N4O/c1-7(22-13-8(14)3-2-4-18-13)5-19-12-9(15)10(11(16)17)20-6-21-12/h2-4,6-7,11H,5H2,1H3,(H,19,20,21)/t7-/m0/s1. The average Bonchev–Trinajstić information content (AvgIpc) is 2.48. The van der Waals surface area contributed by atoms with Gasteiger partial charge in [-0.3, -0.25) is 0 Å². The molecule has 0 aliphatic heterocycles. The lowest BCUT2D eigenvalue weighted by Gasteiger charge is -2.16. The normalized spacial score (nSPS) is 12.3. The minimum atomic E-state index is -2.77. The summed E-state index contributed by atoms with van der Waals surface area (Å²) < 4.78 is 30.9. The predicted molar refractivity (Wildman–Crippen MR) is 79.8 cm³/mol. The topological polar surface area (TPSA) is 59.9 Å². The number of anilines is 1. The Bertz CT molecular complexity index is 645. The summed E-state index contributed by atoms with van der Waals surface area (Å²) in [7, 11) is 0. The number of nitrogens with one attached hydrogen (secondary N) is 1. The van der Waals surface area contributed by atoms with E-state index in [4.69, 9.17) is 27.9 Å². The fraction of sp³-hybridized carbons (Fsp3) is 0.308. The van der Waals surface area contributed by atoms with Gasteiger partial charge in [0, 0.05) is 6.20 Å². The van der Waals surface area contributed by atoms with E-state index < -0.39 is 12.1 Å². The van der Waals surface area contributed by atoms with Crippen molar-refractivity contribution in [2.24, 2.45) is 0 Å². The van der Waals surface area contributed by atoms with Crippen LogP contribution in [0.3, 0.4) is 0 Å². The highest BCUT2D eigenvalue weighted by atomic mass is 35.5. The first-order valence-electron chi connectivity index (χ1n) is 6.28. The molecule has 5 nitrogen and oxygen atoms in total. The Morgan fingerprint density at radius 3 is 2.73 bits per heavy atom. The number of hydrogen-bond acceptors (Lipinski definition) is 5. The maximum atomic E-state index is 12.7. The van der Waals surface area contributed by atoms with Crippen molar-refractivity contribution in [1.82, 2.24) is 15.0 Å². The van der Waals surface area contributed by atoms with Crippen LogP contribution in [0.2, 0.25) is 10.0 Å². The van der Waals surface area contributed by atoms with Crippen molar-refractivity contribution in [2.45, 2.75) is 19.5 Å². The van der Waals surface area contributed by atoms with Crippen LogP contribution in [0.5, 0.6) is 5.88 Å². The first-order valence-corrected chi connectivity index (χ1v) is 7.04. The molecule has 0 bridgehead atoms. The summed E-state index contributed by atoms with van der Waals surface area (Å²) in [5.74, 6) is 0.412. The Kier molecular flexibility index (Phi) is 5.68. The molecule has 0 saturated carbocycles. The van der Waals surface area contributed by atoms with E-state index in [0.29, 0.717) is 10.9 Å². The Balaban J connectivity index is 1.98. The van der Waals surface area contributed by atoms with Crippen LogP contribution in [-0.2, 0) is 0 Å². The summed E-state index contributed by atoms with van der Waals surface area (Å²) in [5, 5.41) is 3.01. The second-order valence-electron chi connectivity index (χ2n) is 4.32. The third-order valence-corrected chi connectivity index (χ3v) is 3.28. The summed E-state index contributed by atoms with van der Waals surface area (Å²) in [6, 6.07) is 3.34. The van der Waals surface area contributed by atoms with Crippen LogP contribution >= 0.6 is 23.2 Å². The molecule has 2 heterocycles. The first kappa shape index (κ1) is 16.6. The van der Waals surface area contributed by atoms with Gasteiger partial charge in [-0.15, -0.1) is 0 Å². The van der Waals surface area contributed by atoms with Gasteiger partial charge in [0.1, 0.15) is 34.0 Å². The minimum Gasteiger partial charge on any atom is -0.472 e. The zero-order valence-electron chi connectivity index (χ0n) is 11.4. The van der Waals surface area contributed by atoms with Crippen LogP contribution in [0.15, 0.2) is 24.7 Å². The van der Waals surface area contributed by atoms with Gasteiger partial charge >= 0.3 is 0 Å². The largest absolute Gasteiger partial charge is 0.472 e. The molecule has 1 atom stereocenters. The molecule has 0 radical (unpaired) electrons. The third-order valence-electron chi connectivity index (χ3n) is 2.62. The van der Waals surface area contributed by atoms with Gasteiger partial charge in [0.2, 0.25) is 5.88 Å². The Morgan fingerprint density at radius 2 is 2.05 bits per heavy atom. The van der Waals surface area contributed by atoms with Gasteiger partial charge in [-0.1, -0.05) is 23.2 Å². The molecular formula is C13H12Cl2F2N4O. The zero-order valence-corrected chi connectivity index (χ0v) is 12.9. The quantitative estimate of drug-likeness (QED) is 0.854. The van der Waals surface area contributed by atoms with Gasteiger partial charge < -0.3 is 10.1 Å². The van der Waals surface area contributed by atoms with E-state index >= 15 is 0 Å². The molecule has 2 aromatic rings. The van der Waals surface area contributed by atoms with Crippen molar-refractivity contribution in [3.63, 3.8) is 0 Å². The summed E-state index contributed by atoms with van der Waals surface area (Å²) in [6.07, 6.45) is -0.528. The number of nitrogens with zero attached hydrogens (tertiary/aromatic N) is 3. The second-order valence-corrected chi connectivity index (χ2v) is 5.11. The van der Waals surface area contributed by atoms with Crippen LogP contribution in [0.25, 0.3) is 0 Å². The number of ether oxygens (including phenoxy) is 1. The Morgan fingerprint density at radius 1 is 1.27 bits per heavy atom. The number of rotatable bonds is 6. The van der Waals surface area contributed by atoms with Gasteiger partial charge in [0.15, 0.2) is 0 Å². The van der Waals surface area contributed by atoms with Crippen molar-refractivity contribution in [1.29, 1.82) is 0 Å². The van der Waals surface area contributed by atoms with Crippen molar-refractivity contribution >= 4 is 29.0 Å². The lowest BCUT2D eigenvalue weighted by Crippen LogP contribution is -2.24. The molecule has 0 aliphatic rings. The number of hydrogen-bond donors (Lipinski definition) is 1. The molecule has 0 aliphatic carbocycles. The van der Waals surface area contributed by atoms with E-state index in [0.717, 1.165) is 6.33 Å². The van der Waals surface area contributed by atoms with Crippen LogP contribution in [0.4, 0.5) is 14.6 Å². The highest BCUT2D eigenvalue weighted by Crippen LogP contribution is 2.29. The van der Waals surface area contributed by atoms with Crippen LogP contribution in [-0.4, -0.2) is 27.6 Å². The molecular weight excluding hydrogens is 337 g/mol. The molecule has 0 spiro atoms. The van der Waals surface area contributed by atoms with Crippen LogP contribution < -0.4 is 10.1 Å².